The molecule has 3 nitrogen and oxygen atoms in total. The molecule has 0 aromatic heterocycles. The first-order valence-electron chi connectivity index (χ1n) is 6.55. The number of nitrogens with one attached hydrogen (secondary N) is 1. The van der Waals surface area contributed by atoms with Crippen molar-refractivity contribution in [1.82, 2.24) is 5.32 Å². The Labute approximate surface area is 127 Å². The molecular weight excluding hydrogens is 318 g/mol. The Hall–Kier alpha value is -1.36. The van der Waals surface area contributed by atoms with Crippen LogP contribution in [-0.4, -0.2) is 18.3 Å². The normalized spacial score (nSPS) is 10.5. The van der Waals surface area contributed by atoms with E-state index < -0.39 is 0 Å². The van der Waals surface area contributed by atoms with Crippen molar-refractivity contribution >= 4 is 15.9 Å². The van der Waals surface area contributed by atoms with Crippen molar-refractivity contribution in [3.63, 3.8) is 0 Å². The molecule has 0 aliphatic carbocycles. The van der Waals surface area contributed by atoms with Crippen LogP contribution in [-0.2, 0) is 13.2 Å². The SMILES string of the molecule is OCc1cccc(CNCCOc2ccc(Br)cc2)c1. The highest BCUT2D eigenvalue weighted by molar-refractivity contribution is 9.10. The third-order valence-corrected chi connectivity index (χ3v) is 3.39. The first-order chi connectivity index (χ1) is 9.78. The third kappa shape index (κ3) is 4.96. The molecule has 0 unspecified atom stereocenters. The van der Waals surface area contributed by atoms with Crippen LogP contribution in [0.1, 0.15) is 11.1 Å². The Bertz CT molecular complexity index is 528. The Morgan fingerprint density at radius 2 is 1.80 bits per heavy atom. The van der Waals surface area contributed by atoms with E-state index in [1.807, 2.05) is 48.5 Å². The molecule has 4 heteroatoms. The molecule has 0 spiro atoms. The monoisotopic (exact) mass is 335 g/mol. The lowest BCUT2D eigenvalue weighted by atomic mass is 10.1. The fraction of sp³-hybridized carbons (Fsp3) is 0.250. The minimum absolute atomic E-state index is 0.0838. The molecule has 0 amide bonds. The fourth-order valence-electron chi connectivity index (χ4n) is 1.84. The zero-order valence-corrected chi connectivity index (χ0v) is 12.8. The van der Waals surface area contributed by atoms with Gasteiger partial charge in [0.25, 0.3) is 0 Å². The molecule has 2 rings (SSSR count). The maximum absolute atomic E-state index is 9.07. The Morgan fingerprint density at radius 3 is 2.55 bits per heavy atom. The minimum atomic E-state index is 0.0838. The first kappa shape index (κ1) is 15.0. The molecule has 2 aromatic rings. The fourth-order valence-corrected chi connectivity index (χ4v) is 2.11. The number of benzene rings is 2. The van der Waals surface area contributed by atoms with Gasteiger partial charge in [-0.1, -0.05) is 40.2 Å². The van der Waals surface area contributed by atoms with Crippen molar-refractivity contribution in [3.05, 3.63) is 64.1 Å². The van der Waals surface area contributed by atoms with Gasteiger partial charge in [-0.25, -0.2) is 0 Å². The van der Waals surface area contributed by atoms with Crippen LogP contribution in [0.15, 0.2) is 53.0 Å². The van der Waals surface area contributed by atoms with Gasteiger partial charge in [-0.2, -0.15) is 0 Å². The molecule has 0 atom stereocenters. The van der Waals surface area contributed by atoms with Crippen LogP contribution in [0, 0.1) is 0 Å². The molecule has 0 fully saturated rings. The second-order valence-corrected chi connectivity index (χ2v) is 5.37. The van der Waals surface area contributed by atoms with E-state index in [0.29, 0.717) is 6.61 Å². The van der Waals surface area contributed by atoms with Crippen LogP contribution in [0.5, 0.6) is 5.75 Å². The van der Waals surface area contributed by atoms with Crippen LogP contribution >= 0.6 is 15.9 Å². The zero-order valence-electron chi connectivity index (χ0n) is 11.2. The summed E-state index contributed by atoms with van der Waals surface area (Å²) < 4.78 is 6.67. The van der Waals surface area contributed by atoms with Gasteiger partial charge in [0.1, 0.15) is 12.4 Å². The van der Waals surface area contributed by atoms with E-state index in [1.165, 1.54) is 5.56 Å². The Balaban J connectivity index is 1.67. The Morgan fingerprint density at radius 1 is 1.05 bits per heavy atom. The average molecular weight is 336 g/mol. The largest absolute Gasteiger partial charge is 0.492 e. The highest BCUT2D eigenvalue weighted by Gasteiger charge is 1.96. The molecule has 0 aliphatic rings. The van der Waals surface area contributed by atoms with Crippen molar-refractivity contribution in [1.29, 1.82) is 0 Å². The molecule has 0 aliphatic heterocycles. The second kappa shape index (κ2) is 8.04. The molecule has 2 N–H and O–H groups in total. The number of ether oxygens (including phenoxy) is 1. The third-order valence-electron chi connectivity index (χ3n) is 2.86. The smallest absolute Gasteiger partial charge is 0.119 e. The molecular formula is C16H18BrNO2. The van der Waals surface area contributed by atoms with Gasteiger partial charge >= 0.3 is 0 Å². The summed E-state index contributed by atoms with van der Waals surface area (Å²) in [6, 6.07) is 15.7. The molecule has 0 saturated heterocycles. The van der Waals surface area contributed by atoms with Gasteiger partial charge < -0.3 is 15.2 Å². The number of hydrogen-bond acceptors (Lipinski definition) is 3. The van der Waals surface area contributed by atoms with E-state index in [4.69, 9.17) is 9.84 Å². The molecule has 0 heterocycles. The highest BCUT2D eigenvalue weighted by atomic mass is 79.9. The summed E-state index contributed by atoms with van der Waals surface area (Å²) in [5.41, 5.74) is 2.11. The van der Waals surface area contributed by atoms with Crippen LogP contribution in [0.2, 0.25) is 0 Å². The lowest BCUT2D eigenvalue weighted by Gasteiger charge is -2.08. The van der Waals surface area contributed by atoms with Crippen LogP contribution < -0.4 is 10.1 Å². The van der Waals surface area contributed by atoms with E-state index in [-0.39, 0.29) is 6.61 Å². The number of halogens is 1. The first-order valence-corrected chi connectivity index (χ1v) is 7.35. The lowest BCUT2D eigenvalue weighted by Crippen LogP contribution is -2.20. The van der Waals surface area contributed by atoms with Crippen LogP contribution in [0.3, 0.4) is 0 Å². The van der Waals surface area contributed by atoms with Crippen LogP contribution in [0.25, 0.3) is 0 Å². The number of aliphatic hydroxyl groups excluding tert-OH is 1. The zero-order chi connectivity index (χ0) is 14.2. The summed E-state index contributed by atoms with van der Waals surface area (Å²) in [5, 5.41) is 12.4. The molecule has 0 radical (unpaired) electrons. The van der Waals surface area contributed by atoms with Gasteiger partial charge in [-0.15, -0.1) is 0 Å². The second-order valence-electron chi connectivity index (χ2n) is 4.46. The van der Waals surface area contributed by atoms with Gasteiger partial charge in [0.2, 0.25) is 0 Å². The summed E-state index contributed by atoms with van der Waals surface area (Å²) >= 11 is 3.39. The molecule has 20 heavy (non-hydrogen) atoms. The van der Waals surface area contributed by atoms with Gasteiger partial charge in [-0.05, 0) is 35.4 Å². The molecule has 2 aromatic carbocycles. The van der Waals surface area contributed by atoms with Crippen molar-refractivity contribution in [2.24, 2.45) is 0 Å². The lowest BCUT2D eigenvalue weighted by molar-refractivity contribution is 0.281. The van der Waals surface area contributed by atoms with E-state index in [9.17, 15) is 0 Å². The summed E-state index contributed by atoms with van der Waals surface area (Å²) in [5.74, 6) is 0.872. The van der Waals surface area contributed by atoms with E-state index in [1.54, 1.807) is 0 Å². The number of hydrogen-bond donors (Lipinski definition) is 2. The van der Waals surface area contributed by atoms with E-state index in [0.717, 1.165) is 28.9 Å². The Kier molecular flexibility index (Phi) is 6.05. The van der Waals surface area contributed by atoms with Crippen molar-refractivity contribution in [2.45, 2.75) is 13.2 Å². The predicted octanol–water partition coefficient (Wildman–Crippen LogP) is 3.11. The van der Waals surface area contributed by atoms with Crippen LogP contribution in [0.4, 0.5) is 0 Å². The predicted molar refractivity (Wildman–Crippen MR) is 83.7 cm³/mol. The summed E-state index contributed by atoms with van der Waals surface area (Å²) in [4.78, 5) is 0. The molecule has 0 saturated carbocycles. The van der Waals surface area contributed by atoms with Gasteiger partial charge in [0, 0.05) is 17.6 Å². The van der Waals surface area contributed by atoms with Gasteiger partial charge in [0.05, 0.1) is 6.61 Å². The summed E-state index contributed by atoms with van der Waals surface area (Å²) in [6.07, 6.45) is 0. The van der Waals surface area contributed by atoms with Gasteiger partial charge in [-0.3, -0.25) is 0 Å². The van der Waals surface area contributed by atoms with E-state index >= 15 is 0 Å². The standard InChI is InChI=1S/C16H18BrNO2/c17-15-4-6-16(7-5-15)20-9-8-18-11-13-2-1-3-14(10-13)12-19/h1-7,10,18-19H,8-9,11-12H2. The van der Waals surface area contributed by atoms with Gasteiger partial charge in [0.15, 0.2) is 0 Å². The molecule has 106 valence electrons. The quantitative estimate of drug-likeness (QED) is 0.764. The average Bonchev–Trinajstić information content (AvgIpc) is 2.49. The summed E-state index contributed by atoms with van der Waals surface area (Å²) in [6.45, 7) is 2.26. The topological polar surface area (TPSA) is 41.5 Å². The maximum atomic E-state index is 9.07. The van der Waals surface area contributed by atoms with E-state index in [2.05, 4.69) is 21.2 Å². The van der Waals surface area contributed by atoms with Crippen molar-refractivity contribution in [2.75, 3.05) is 13.2 Å². The number of aliphatic hydroxyl groups is 1. The maximum Gasteiger partial charge on any atom is 0.119 e. The highest BCUT2D eigenvalue weighted by Crippen LogP contribution is 2.15. The minimum Gasteiger partial charge on any atom is -0.492 e. The summed E-state index contributed by atoms with van der Waals surface area (Å²) in [7, 11) is 0. The number of rotatable bonds is 7. The molecule has 0 bridgehead atoms. The van der Waals surface area contributed by atoms with Crippen molar-refractivity contribution in [3.8, 4) is 5.75 Å². The van der Waals surface area contributed by atoms with Crippen molar-refractivity contribution < 1.29 is 9.84 Å².